The molecule has 17 heteroatoms. The molecule has 4 aliphatic rings. The number of hydrogen-bond donors (Lipinski definition) is 0. The minimum Gasteiger partial charge on any atom is -0.497 e. The average Bonchev–Trinajstić information content (AvgIpc) is 4.05. The number of sulfonamides is 1. The first kappa shape index (κ1) is 39.9. The third kappa shape index (κ3) is 8.31. The van der Waals surface area contributed by atoms with E-state index in [2.05, 4.69) is 10.1 Å². The molecule has 0 radical (unpaired) electrons. The minimum absolute atomic E-state index is 0.0179. The van der Waals surface area contributed by atoms with Gasteiger partial charge < -0.3 is 42.4 Å². The van der Waals surface area contributed by atoms with Crippen LogP contribution in [0.1, 0.15) is 45.5 Å². The van der Waals surface area contributed by atoms with Crippen molar-refractivity contribution in [3.05, 3.63) is 78.1 Å². The Bertz CT molecular complexity index is 2180. The molecular weight excluding hydrogens is 773 g/mol. The number of benzene rings is 3. The fourth-order valence-corrected chi connectivity index (χ4v) is 9.51. The van der Waals surface area contributed by atoms with E-state index in [1.54, 1.807) is 31.9 Å². The van der Waals surface area contributed by atoms with Crippen LogP contribution in [0.3, 0.4) is 0 Å². The molecule has 5 atom stereocenters. The van der Waals surface area contributed by atoms with E-state index < -0.39 is 46.4 Å². The minimum atomic E-state index is -4.04. The zero-order valence-electron chi connectivity index (χ0n) is 33.1. The molecule has 1 aromatic heterocycles. The second kappa shape index (κ2) is 16.4. The Balaban J connectivity index is 1.02. The second-order valence-corrected chi connectivity index (χ2v) is 17.5. The predicted molar refractivity (Wildman–Crippen MR) is 206 cm³/mol. The van der Waals surface area contributed by atoms with Crippen molar-refractivity contribution in [2.45, 2.75) is 82.3 Å². The van der Waals surface area contributed by atoms with Crippen molar-refractivity contribution in [3.8, 4) is 34.5 Å². The summed E-state index contributed by atoms with van der Waals surface area (Å²) >= 11 is 0. The first-order chi connectivity index (χ1) is 27.9. The van der Waals surface area contributed by atoms with Crippen LogP contribution >= 0.6 is 0 Å². The van der Waals surface area contributed by atoms with Crippen molar-refractivity contribution in [3.63, 3.8) is 0 Å². The van der Waals surface area contributed by atoms with Crippen molar-refractivity contribution in [2.24, 2.45) is 11.8 Å². The van der Waals surface area contributed by atoms with Crippen molar-refractivity contribution >= 4 is 16.1 Å². The van der Waals surface area contributed by atoms with Gasteiger partial charge in [0.05, 0.1) is 43.3 Å². The highest BCUT2D eigenvalue weighted by Gasteiger charge is 2.53. The molecule has 1 amide bonds. The molecule has 0 unspecified atom stereocenters. The van der Waals surface area contributed by atoms with Gasteiger partial charge in [-0.05, 0) is 86.7 Å². The first-order valence-corrected chi connectivity index (χ1v) is 20.8. The topological polar surface area (TPSA) is 170 Å². The highest BCUT2D eigenvalue weighted by molar-refractivity contribution is 7.89. The Morgan fingerprint density at radius 2 is 1.76 bits per heavy atom. The van der Waals surface area contributed by atoms with Gasteiger partial charge in [0.2, 0.25) is 22.6 Å². The maximum atomic E-state index is 14.3. The van der Waals surface area contributed by atoms with Crippen molar-refractivity contribution in [1.82, 2.24) is 19.3 Å². The number of aromatic nitrogens is 2. The van der Waals surface area contributed by atoms with Gasteiger partial charge in [0.1, 0.15) is 23.3 Å². The van der Waals surface area contributed by atoms with E-state index in [0.717, 1.165) is 23.3 Å². The number of methoxy groups -OCH3 is 1. The number of nitrogens with zero attached hydrogens (tertiary/aromatic N) is 4. The summed E-state index contributed by atoms with van der Waals surface area (Å²) in [5, 5.41) is 4.05. The highest BCUT2D eigenvalue weighted by atomic mass is 32.2. The molecule has 0 bridgehead atoms. The summed E-state index contributed by atoms with van der Waals surface area (Å²) in [5.41, 5.74) is 0.470. The zero-order chi connectivity index (χ0) is 40.6. The molecule has 0 aliphatic carbocycles. The Labute approximate surface area is 337 Å². The van der Waals surface area contributed by atoms with Crippen molar-refractivity contribution in [1.29, 1.82) is 0 Å². The maximum Gasteiger partial charge on any atom is 0.412 e. The second-order valence-electron chi connectivity index (χ2n) is 15.6. The van der Waals surface area contributed by atoms with Crippen LogP contribution < -0.4 is 18.9 Å². The summed E-state index contributed by atoms with van der Waals surface area (Å²) < 4.78 is 81.9. The van der Waals surface area contributed by atoms with Crippen molar-refractivity contribution in [2.75, 3.05) is 40.2 Å². The normalized spacial score (nSPS) is 23.4. The molecule has 16 nitrogen and oxygen atoms in total. The highest BCUT2D eigenvalue weighted by Crippen LogP contribution is 2.40. The predicted octanol–water partition coefficient (Wildman–Crippen LogP) is 5.65. The molecular formula is C41H48N4O12S. The molecule has 58 heavy (non-hydrogen) atoms. The van der Waals surface area contributed by atoms with E-state index in [1.807, 2.05) is 62.4 Å². The third-order valence-electron chi connectivity index (χ3n) is 10.7. The summed E-state index contributed by atoms with van der Waals surface area (Å²) in [4.78, 5) is 20.4. The molecule has 310 valence electrons. The molecule has 0 saturated carbocycles. The number of carbonyl (C=O) groups is 1. The van der Waals surface area contributed by atoms with Gasteiger partial charge in [0, 0.05) is 24.7 Å². The molecule has 5 heterocycles. The standard InChI is InChI=1S/C41H48N4O12S/c1-25(2)20-44(58(47,48)30-14-15-33-34(19-30)54-24-53-33)21-35-32(45(41(3,4)56-35)40(46)55-36-22-52-39-31(36)16-17-50-39)18-26-6-10-29(11-7-26)51-23-37-42-38(57-43-37)27-8-12-28(49-5)13-9-27/h6-15,19,25,31-32,35-36,39H,16-18,20-24H2,1-5H3/t31-,32-,35+,36-,39+/m0/s1. The summed E-state index contributed by atoms with van der Waals surface area (Å²) in [7, 11) is -2.44. The fraction of sp³-hybridized carbons (Fsp3) is 0.488. The van der Waals surface area contributed by atoms with E-state index in [9.17, 15) is 13.2 Å². The average molecular weight is 821 g/mol. The van der Waals surface area contributed by atoms with Crippen LogP contribution in [0, 0.1) is 11.8 Å². The number of ether oxygens (including phenoxy) is 8. The summed E-state index contributed by atoms with van der Waals surface area (Å²) in [6.07, 6.45) is -1.13. The molecule has 0 N–H and O–H groups in total. The molecule has 3 saturated heterocycles. The fourth-order valence-electron chi connectivity index (χ4n) is 7.88. The van der Waals surface area contributed by atoms with Crippen LogP contribution in [0.4, 0.5) is 4.79 Å². The lowest BCUT2D eigenvalue weighted by molar-refractivity contribution is -0.0911. The Kier molecular flexibility index (Phi) is 11.3. The van der Waals surface area contributed by atoms with Gasteiger partial charge in [-0.15, -0.1) is 0 Å². The van der Waals surface area contributed by atoms with Gasteiger partial charge >= 0.3 is 6.09 Å². The van der Waals surface area contributed by atoms with Gasteiger partial charge in [-0.2, -0.15) is 9.29 Å². The van der Waals surface area contributed by atoms with Gasteiger partial charge in [0.25, 0.3) is 5.89 Å². The van der Waals surface area contributed by atoms with Gasteiger partial charge in [-0.1, -0.05) is 31.1 Å². The molecule has 0 spiro atoms. The number of amides is 1. The smallest absolute Gasteiger partial charge is 0.412 e. The molecule has 3 aromatic carbocycles. The Morgan fingerprint density at radius 1 is 1.00 bits per heavy atom. The monoisotopic (exact) mass is 820 g/mol. The van der Waals surface area contributed by atoms with Gasteiger partial charge in [-0.25, -0.2) is 13.2 Å². The SMILES string of the molecule is COc1ccc(-c2nc(COc3ccc(C[C@H]4[C@@H](CN(CC(C)C)S(=O)(=O)c5ccc6c(c5)OCO6)OC(C)(C)N4C(=O)O[C@H]4CO[C@H]5OCC[C@H]54)cc3)no2)cc1. The van der Waals surface area contributed by atoms with E-state index in [1.165, 1.54) is 16.4 Å². The van der Waals surface area contributed by atoms with E-state index in [4.69, 9.17) is 42.4 Å². The van der Waals surface area contributed by atoms with E-state index in [0.29, 0.717) is 42.0 Å². The van der Waals surface area contributed by atoms with Crippen LogP contribution in [-0.4, -0.2) is 104 Å². The number of fused-ring (bicyclic) bond motifs is 2. The number of carbonyl (C=O) groups excluding carboxylic acids is 1. The van der Waals surface area contributed by atoms with Crippen LogP contribution in [0.25, 0.3) is 11.5 Å². The summed E-state index contributed by atoms with van der Waals surface area (Å²) in [6, 6.07) is 18.7. The van der Waals surface area contributed by atoms with E-state index in [-0.39, 0.29) is 49.8 Å². The Morgan fingerprint density at radius 3 is 2.52 bits per heavy atom. The van der Waals surface area contributed by atoms with Gasteiger partial charge in [-0.3, -0.25) is 4.90 Å². The summed E-state index contributed by atoms with van der Waals surface area (Å²) in [6.45, 7) is 8.54. The number of hydrogen-bond acceptors (Lipinski definition) is 14. The van der Waals surface area contributed by atoms with Crippen LogP contribution in [-0.2, 0) is 42.0 Å². The first-order valence-electron chi connectivity index (χ1n) is 19.4. The lowest BCUT2D eigenvalue weighted by atomic mass is 9.99. The lowest BCUT2D eigenvalue weighted by Crippen LogP contribution is -2.51. The quantitative estimate of drug-likeness (QED) is 0.153. The lowest BCUT2D eigenvalue weighted by Gasteiger charge is -2.34. The van der Waals surface area contributed by atoms with Crippen LogP contribution in [0.2, 0.25) is 0 Å². The van der Waals surface area contributed by atoms with E-state index >= 15 is 0 Å². The molecule has 8 rings (SSSR count). The maximum absolute atomic E-state index is 14.3. The molecule has 3 fully saturated rings. The third-order valence-corrected chi connectivity index (χ3v) is 12.5. The molecule has 4 aliphatic heterocycles. The summed E-state index contributed by atoms with van der Waals surface area (Å²) in [5.74, 6) is 2.80. The number of rotatable bonds is 14. The van der Waals surface area contributed by atoms with Crippen molar-refractivity contribution < 1.29 is 55.6 Å². The molecule has 4 aromatic rings. The largest absolute Gasteiger partial charge is 0.497 e. The zero-order valence-corrected chi connectivity index (χ0v) is 33.9. The van der Waals surface area contributed by atoms with Crippen LogP contribution in [0.5, 0.6) is 23.0 Å². The Hall–Kier alpha value is -4.94. The van der Waals surface area contributed by atoms with Gasteiger partial charge in [0.15, 0.2) is 24.4 Å². The van der Waals surface area contributed by atoms with Crippen LogP contribution in [0.15, 0.2) is 76.1 Å².